The summed E-state index contributed by atoms with van der Waals surface area (Å²) in [5.74, 6) is 1.54. The van der Waals surface area contributed by atoms with E-state index in [-0.39, 0.29) is 22.5 Å². The summed E-state index contributed by atoms with van der Waals surface area (Å²) in [5.41, 5.74) is 5.02. The Hall–Kier alpha value is -5.96. The molecule has 322 valence electrons. The summed E-state index contributed by atoms with van der Waals surface area (Å²) >= 11 is -1.80. The van der Waals surface area contributed by atoms with Crippen molar-refractivity contribution in [3.05, 3.63) is 90.3 Å². The molecule has 0 bridgehead atoms. The third kappa shape index (κ3) is 10.9. The van der Waals surface area contributed by atoms with Crippen molar-refractivity contribution in [2.24, 2.45) is 0 Å². The van der Waals surface area contributed by atoms with Crippen molar-refractivity contribution in [1.29, 1.82) is 0 Å². The van der Waals surface area contributed by atoms with Gasteiger partial charge >= 0.3 is 0 Å². The molecule has 0 saturated heterocycles. The highest BCUT2D eigenvalue weighted by Gasteiger charge is 2.24. The van der Waals surface area contributed by atoms with Gasteiger partial charge in [-0.25, -0.2) is 14.2 Å². The van der Waals surface area contributed by atoms with Gasteiger partial charge in [-0.05, 0) is 79.6 Å². The first kappa shape index (κ1) is 43.1. The number of anilines is 1. The first-order valence-electron chi connectivity index (χ1n) is 21.2. The second kappa shape index (κ2) is 18.3. The summed E-state index contributed by atoms with van der Waals surface area (Å²) in [6.45, 7) is 15.0. The van der Waals surface area contributed by atoms with Gasteiger partial charge in [0.05, 0.1) is 4.90 Å². The van der Waals surface area contributed by atoms with Crippen molar-refractivity contribution in [3.8, 4) is 40.0 Å². The fourth-order valence-corrected chi connectivity index (χ4v) is 7.62. The molecule has 4 aromatic heterocycles. The highest BCUT2D eigenvalue weighted by molar-refractivity contribution is 7.80. The number of fused-ring (bicyclic) bond motifs is 2. The zero-order valence-electron chi connectivity index (χ0n) is 36.1. The van der Waals surface area contributed by atoms with Crippen molar-refractivity contribution in [2.75, 3.05) is 5.32 Å². The third-order valence-corrected chi connectivity index (χ3v) is 11.5. The smallest absolute Gasteiger partial charge is 0.265 e. The fourth-order valence-electron chi connectivity index (χ4n) is 6.88. The predicted molar refractivity (Wildman–Crippen MR) is 238 cm³/mol. The topological polar surface area (TPSA) is 177 Å². The molecule has 0 aliphatic heterocycles. The molecule has 61 heavy (non-hydrogen) atoms. The summed E-state index contributed by atoms with van der Waals surface area (Å²) in [6.07, 6.45) is 8.66. The number of nitrogens with zero attached hydrogens (tertiary/aromatic N) is 6. The number of carbonyl (C=O) groups is 1. The normalized spacial score (nSPS) is 13.2. The molecule has 1 amide bonds. The molecule has 3 aromatic carbocycles. The van der Waals surface area contributed by atoms with Crippen molar-refractivity contribution >= 4 is 34.0 Å². The van der Waals surface area contributed by atoms with Gasteiger partial charge in [-0.1, -0.05) is 93.4 Å². The minimum Gasteiger partial charge on any atom is -0.508 e. The van der Waals surface area contributed by atoms with Crippen LogP contribution in [0.25, 0.3) is 34.1 Å². The van der Waals surface area contributed by atoms with Crippen LogP contribution in [-0.2, 0) is 26.7 Å². The monoisotopic (exact) mass is 847 g/mol. The Kier molecular flexibility index (Phi) is 13.0. The van der Waals surface area contributed by atoms with Crippen LogP contribution in [0.3, 0.4) is 0 Å². The molecule has 0 radical (unpaired) electrons. The number of aromatic nitrogens is 8. The number of phenols is 1. The van der Waals surface area contributed by atoms with Crippen molar-refractivity contribution in [1.82, 2.24) is 39.6 Å². The predicted octanol–water partition coefficient (Wildman–Crippen LogP) is 10.1. The van der Waals surface area contributed by atoms with E-state index >= 15 is 0 Å². The Morgan fingerprint density at radius 3 is 1.74 bits per heavy atom. The Morgan fingerprint density at radius 2 is 1.23 bits per heavy atom. The summed E-state index contributed by atoms with van der Waals surface area (Å²) in [7, 11) is 0. The zero-order valence-corrected chi connectivity index (χ0v) is 36.9. The minimum atomic E-state index is -1.80. The lowest BCUT2D eigenvalue weighted by Gasteiger charge is -2.20. The van der Waals surface area contributed by atoms with E-state index in [0.717, 1.165) is 30.7 Å². The van der Waals surface area contributed by atoms with Crippen LogP contribution in [0.2, 0.25) is 0 Å². The number of aromatic hydroxyl groups is 1. The van der Waals surface area contributed by atoms with Crippen LogP contribution in [-0.4, -0.2) is 60.9 Å². The summed E-state index contributed by atoms with van der Waals surface area (Å²) in [5, 5.41) is 29.0. The van der Waals surface area contributed by atoms with Gasteiger partial charge in [0.2, 0.25) is 11.1 Å². The summed E-state index contributed by atoms with van der Waals surface area (Å²) in [6, 6.07) is 22.3. The number of carbonyl (C=O) groups excluding carboxylic acids is 1. The van der Waals surface area contributed by atoms with Gasteiger partial charge in [-0.3, -0.25) is 15.0 Å². The number of amides is 1. The second-order valence-electron chi connectivity index (χ2n) is 17.7. The Balaban J connectivity index is 1.15. The van der Waals surface area contributed by atoms with Crippen LogP contribution in [0.4, 0.5) is 5.69 Å². The van der Waals surface area contributed by atoms with Crippen LogP contribution >= 0.6 is 0 Å². The number of H-pyrrole nitrogens is 2. The van der Waals surface area contributed by atoms with Gasteiger partial charge < -0.3 is 19.3 Å². The average Bonchev–Trinajstić information content (AvgIpc) is 4.00. The number of ether oxygens (including phenoxy) is 1. The van der Waals surface area contributed by atoms with E-state index in [1.807, 2.05) is 30.3 Å². The maximum Gasteiger partial charge on any atom is 0.265 e. The molecule has 2 unspecified atom stereocenters. The Labute approximate surface area is 359 Å². The number of aromatic amines is 2. The Bertz CT molecular complexity index is 2420. The first-order chi connectivity index (χ1) is 29.1. The number of benzene rings is 3. The minimum absolute atomic E-state index is 0.0874. The number of unbranched alkanes of at least 4 members (excludes halogenated alkanes) is 7. The summed E-state index contributed by atoms with van der Waals surface area (Å²) in [4.78, 5) is 24.4. The molecule has 0 fully saturated rings. The molecular weight excluding hydrogens is 791 g/mol. The highest BCUT2D eigenvalue weighted by Crippen LogP contribution is 2.31. The van der Waals surface area contributed by atoms with E-state index in [1.54, 1.807) is 45.7 Å². The molecule has 0 spiro atoms. The lowest BCUT2D eigenvalue weighted by atomic mass is 9.93. The third-order valence-electron chi connectivity index (χ3n) is 10.5. The average molecular weight is 848 g/mol. The van der Waals surface area contributed by atoms with E-state index in [4.69, 9.17) is 29.1 Å². The standard InChI is InChI=1S/C46H57N9O5S/c1-8-9-10-11-12-13-14-15-16-37(59-34-21-23-36(24-22-34)61(58)60-35-19-17-33(56)18-20-35)44(57)47-32-26-30(42-48-40-28-38(45(2,3)4)50-54(40)52-42)25-31(27-32)43-49-41-29-39(46(5,6)7)51-55(41)53-43/h17-29,37,50-51,56H,8-16H2,1-7H3,(H,47,57). The second-order valence-corrected chi connectivity index (χ2v) is 18.8. The van der Waals surface area contributed by atoms with Crippen LogP contribution in [0.15, 0.2) is 83.8 Å². The van der Waals surface area contributed by atoms with Gasteiger partial charge in [0.1, 0.15) is 17.2 Å². The van der Waals surface area contributed by atoms with Crippen LogP contribution in [0.5, 0.6) is 17.2 Å². The molecule has 7 aromatic rings. The van der Waals surface area contributed by atoms with E-state index in [0.29, 0.717) is 62.6 Å². The van der Waals surface area contributed by atoms with E-state index in [9.17, 15) is 14.1 Å². The molecule has 0 aliphatic carbocycles. The largest absolute Gasteiger partial charge is 0.508 e. The number of phenolic OH excluding ortho intramolecular Hbond substituents is 1. The van der Waals surface area contributed by atoms with E-state index < -0.39 is 17.2 Å². The maximum atomic E-state index is 14.3. The van der Waals surface area contributed by atoms with Crippen LogP contribution < -0.4 is 14.2 Å². The van der Waals surface area contributed by atoms with Gasteiger partial charge in [0, 0.05) is 51.2 Å². The van der Waals surface area contributed by atoms with Crippen LogP contribution in [0, 0.1) is 0 Å². The van der Waals surface area contributed by atoms with E-state index in [2.05, 4.69) is 64.0 Å². The fraction of sp³-hybridized carbons (Fsp3) is 0.413. The molecule has 4 heterocycles. The van der Waals surface area contributed by atoms with E-state index in [1.165, 1.54) is 44.2 Å². The number of rotatable bonds is 18. The SMILES string of the molecule is CCCCCCCCCCC(Oc1ccc(S(=O)Oc2ccc(O)cc2)cc1)C(=O)Nc1cc(-c2nc3cc(C(C)(C)C)[nH]n3n2)cc(-c2nc3cc(C(C)(C)C)[nH]n3n2)c1. The zero-order chi connectivity index (χ0) is 43.3. The molecule has 0 saturated carbocycles. The van der Waals surface area contributed by atoms with Gasteiger partial charge in [-0.15, -0.1) is 10.2 Å². The van der Waals surface area contributed by atoms with Gasteiger partial charge in [0.25, 0.3) is 5.91 Å². The molecule has 7 rings (SSSR count). The summed E-state index contributed by atoms with van der Waals surface area (Å²) < 4.78 is 28.3. The first-order valence-corrected chi connectivity index (χ1v) is 22.3. The Morgan fingerprint density at radius 1 is 0.721 bits per heavy atom. The quantitative estimate of drug-likeness (QED) is 0.0612. The lowest BCUT2D eigenvalue weighted by molar-refractivity contribution is -0.123. The molecule has 15 heteroatoms. The van der Waals surface area contributed by atoms with Crippen molar-refractivity contribution < 1.29 is 23.0 Å². The van der Waals surface area contributed by atoms with Gasteiger partial charge in [0.15, 0.2) is 29.0 Å². The van der Waals surface area contributed by atoms with Gasteiger partial charge in [-0.2, -0.15) is 9.26 Å². The van der Waals surface area contributed by atoms with Crippen molar-refractivity contribution in [2.45, 2.75) is 128 Å². The number of nitrogens with one attached hydrogen (secondary N) is 3. The lowest BCUT2D eigenvalue weighted by Crippen LogP contribution is -2.33. The van der Waals surface area contributed by atoms with Crippen LogP contribution in [0.1, 0.15) is 118 Å². The highest BCUT2D eigenvalue weighted by atomic mass is 32.2. The molecule has 14 nitrogen and oxygen atoms in total. The maximum absolute atomic E-state index is 14.3. The number of hydrogen-bond donors (Lipinski definition) is 4. The molecule has 0 aliphatic rings. The molecule has 2 atom stereocenters. The molecule has 4 N–H and O–H groups in total. The van der Waals surface area contributed by atoms with Crippen molar-refractivity contribution in [3.63, 3.8) is 0 Å². The number of hydrogen-bond acceptors (Lipinski definition) is 9. The molecular formula is C46H57N9O5S.